The van der Waals surface area contributed by atoms with Crippen molar-refractivity contribution in [3.05, 3.63) is 35.4 Å². The van der Waals surface area contributed by atoms with Crippen LogP contribution in [0.25, 0.3) is 0 Å². The zero-order valence-corrected chi connectivity index (χ0v) is 11.8. The summed E-state index contributed by atoms with van der Waals surface area (Å²) < 4.78 is 0. The number of hydrogen-bond donors (Lipinski definition) is 1. The van der Waals surface area contributed by atoms with E-state index in [1.165, 1.54) is 11.1 Å². The molecule has 3 nitrogen and oxygen atoms in total. The van der Waals surface area contributed by atoms with E-state index in [1.54, 1.807) is 0 Å². The minimum Gasteiger partial charge on any atom is -0.481 e. The number of carboxylic acids is 1. The fourth-order valence-corrected chi connectivity index (χ4v) is 3.04. The van der Waals surface area contributed by atoms with Crippen LogP contribution in [0.2, 0.25) is 0 Å². The Labute approximate surface area is 115 Å². The highest BCUT2D eigenvalue weighted by Gasteiger charge is 2.28. The van der Waals surface area contributed by atoms with Gasteiger partial charge in [-0.05, 0) is 44.8 Å². The van der Waals surface area contributed by atoms with Crippen LogP contribution in [0.5, 0.6) is 0 Å². The number of benzene rings is 1. The summed E-state index contributed by atoms with van der Waals surface area (Å²) in [6.07, 6.45) is 2.62. The molecule has 0 radical (unpaired) electrons. The third kappa shape index (κ3) is 3.35. The predicted octanol–water partition coefficient (Wildman–Crippen LogP) is 3.24. The van der Waals surface area contributed by atoms with Gasteiger partial charge in [-0.1, -0.05) is 36.8 Å². The van der Waals surface area contributed by atoms with Crippen LogP contribution in [0.4, 0.5) is 0 Å². The van der Waals surface area contributed by atoms with Crippen molar-refractivity contribution in [1.29, 1.82) is 0 Å². The number of rotatable bonds is 4. The molecule has 1 fully saturated rings. The number of carboxylic acid groups (broad SMARTS) is 1. The van der Waals surface area contributed by atoms with E-state index in [-0.39, 0.29) is 5.92 Å². The maximum Gasteiger partial charge on any atom is 0.306 e. The predicted molar refractivity (Wildman–Crippen MR) is 76.1 cm³/mol. The van der Waals surface area contributed by atoms with Gasteiger partial charge in [-0.15, -0.1) is 0 Å². The Morgan fingerprint density at radius 3 is 2.63 bits per heavy atom. The van der Waals surface area contributed by atoms with Crippen molar-refractivity contribution >= 4 is 5.97 Å². The minimum atomic E-state index is -0.636. The molecule has 1 N–H and O–H groups in total. The van der Waals surface area contributed by atoms with Crippen molar-refractivity contribution in [1.82, 2.24) is 4.90 Å². The Morgan fingerprint density at radius 2 is 2.11 bits per heavy atom. The van der Waals surface area contributed by atoms with Crippen molar-refractivity contribution < 1.29 is 9.90 Å². The number of likely N-dealkylation sites (tertiary alicyclic amines) is 1. The molecule has 19 heavy (non-hydrogen) atoms. The number of hydrogen-bond acceptors (Lipinski definition) is 2. The van der Waals surface area contributed by atoms with Gasteiger partial charge in [0.05, 0.1) is 5.92 Å². The molecule has 3 heteroatoms. The van der Waals surface area contributed by atoms with Gasteiger partial charge in [-0.2, -0.15) is 0 Å². The standard InChI is InChI=1S/C16H23NO2/c1-3-15(14-6-4-5-12(2)11-14)17-9-7-13(8-10-17)16(18)19/h4-6,11,13,15H,3,7-10H2,1-2H3,(H,18,19). The third-order valence-corrected chi connectivity index (χ3v) is 4.13. The summed E-state index contributed by atoms with van der Waals surface area (Å²) >= 11 is 0. The lowest BCUT2D eigenvalue weighted by Gasteiger charge is -2.36. The van der Waals surface area contributed by atoms with Crippen LogP contribution in [0.15, 0.2) is 24.3 Å². The highest BCUT2D eigenvalue weighted by molar-refractivity contribution is 5.70. The van der Waals surface area contributed by atoms with Crippen LogP contribution >= 0.6 is 0 Å². The zero-order chi connectivity index (χ0) is 13.8. The largest absolute Gasteiger partial charge is 0.481 e. The number of carbonyl (C=O) groups is 1. The van der Waals surface area contributed by atoms with Crippen LogP contribution < -0.4 is 0 Å². The van der Waals surface area contributed by atoms with E-state index in [4.69, 9.17) is 5.11 Å². The Kier molecular flexibility index (Phi) is 4.59. The first-order valence-electron chi connectivity index (χ1n) is 7.15. The highest BCUT2D eigenvalue weighted by Crippen LogP contribution is 2.29. The second kappa shape index (κ2) is 6.20. The summed E-state index contributed by atoms with van der Waals surface area (Å²) in [5.41, 5.74) is 2.65. The zero-order valence-electron chi connectivity index (χ0n) is 11.8. The molecule has 0 aromatic heterocycles. The van der Waals surface area contributed by atoms with Gasteiger partial charge in [0, 0.05) is 6.04 Å². The number of nitrogens with zero attached hydrogens (tertiary/aromatic N) is 1. The topological polar surface area (TPSA) is 40.5 Å². The molecular weight excluding hydrogens is 238 g/mol. The lowest BCUT2D eigenvalue weighted by Crippen LogP contribution is -2.38. The molecule has 1 saturated heterocycles. The molecule has 1 aliphatic heterocycles. The fourth-order valence-electron chi connectivity index (χ4n) is 3.04. The van der Waals surface area contributed by atoms with Gasteiger partial charge in [0.15, 0.2) is 0 Å². The quantitative estimate of drug-likeness (QED) is 0.904. The van der Waals surface area contributed by atoms with Crippen molar-refractivity contribution in [2.24, 2.45) is 5.92 Å². The maximum atomic E-state index is 11.0. The number of piperidine rings is 1. The lowest BCUT2D eigenvalue weighted by molar-refractivity contribution is -0.143. The molecule has 1 atom stereocenters. The molecule has 0 aliphatic carbocycles. The highest BCUT2D eigenvalue weighted by atomic mass is 16.4. The van der Waals surface area contributed by atoms with E-state index in [1.807, 2.05) is 0 Å². The fraction of sp³-hybridized carbons (Fsp3) is 0.562. The van der Waals surface area contributed by atoms with Crippen LogP contribution in [-0.4, -0.2) is 29.1 Å². The third-order valence-electron chi connectivity index (χ3n) is 4.13. The van der Waals surface area contributed by atoms with Crippen LogP contribution in [0.1, 0.15) is 43.4 Å². The lowest BCUT2D eigenvalue weighted by atomic mass is 9.93. The molecule has 0 spiro atoms. The molecule has 1 aliphatic rings. The Bertz CT molecular complexity index is 436. The van der Waals surface area contributed by atoms with E-state index in [2.05, 4.69) is 43.0 Å². The molecule has 1 aromatic rings. The summed E-state index contributed by atoms with van der Waals surface area (Å²) in [4.78, 5) is 13.4. The molecular formula is C16H23NO2. The molecule has 1 unspecified atom stereocenters. The van der Waals surface area contributed by atoms with E-state index in [9.17, 15) is 4.79 Å². The molecule has 0 amide bonds. The first-order chi connectivity index (χ1) is 9.11. The van der Waals surface area contributed by atoms with Crippen molar-refractivity contribution in [2.45, 2.75) is 39.2 Å². The van der Waals surface area contributed by atoms with Crippen LogP contribution in [0.3, 0.4) is 0 Å². The molecule has 2 rings (SSSR count). The van der Waals surface area contributed by atoms with Gasteiger partial charge in [0.2, 0.25) is 0 Å². The summed E-state index contributed by atoms with van der Waals surface area (Å²) in [5.74, 6) is -0.783. The van der Waals surface area contributed by atoms with Crippen molar-refractivity contribution in [2.75, 3.05) is 13.1 Å². The first-order valence-corrected chi connectivity index (χ1v) is 7.15. The number of aryl methyl sites for hydroxylation is 1. The summed E-state index contributed by atoms with van der Waals surface area (Å²) in [6.45, 7) is 6.11. The normalized spacial score (nSPS) is 19.3. The SMILES string of the molecule is CCC(c1cccc(C)c1)N1CCC(C(=O)O)CC1. The van der Waals surface area contributed by atoms with E-state index in [0.29, 0.717) is 6.04 Å². The van der Waals surface area contributed by atoms with Gasteiger partial charge < -0.3 is 5.11 Å². The molecule has 0 bridgehead atoms. The van der Waals surface area contributed by atoms with Crippen LogP contribution in [-0.2, 0) is 4.79 Å². The van der Waals surface area contributed by atoms with Gasteiger partial charge in [-0.3, -0.25) is 9.69 Å². The van der Waals surface area contributed by atoms with Crippen molar-refractivity contribution in [3.63, 3.8) is 0 Å². The molecule has 0 saturated carbocycles. The van der Waals surface area contributed by atoms with E-state index >= 15 is 0 Å². The Hall–Kier alpha value is -1.35. The van der Waals surface area contributed by atoms with E-state index in [0.717, 1.165) is 32.4 Å². The summed E-state index contributed by atoms with van der Waals surface area (Å²) in [7, 11) is 0. The first kappa shape index (κ1) is 14.1. The smallest absolute Gasteiger partial charge is 0.306 e. The molecule has 1 aromatic carbocycles. The van der Waals surface area contributed by atoms with Gasteiger partial charge in [0.25, 0.3) is 0 Å². The second-order valence-corrected chi connectivity index (χ2v) is 5.49. The Morgan fingerprint density at radius 1 is 1.42 bits per heavy atom. The Balaban J connectivity index is 2.05. The average Bonchev–Trinajstić information content (AvgIpc) is 2.40. The van der Waals surface area contributed by atoms with Gasteiger partial charge in [0.1, 0.15) is 0 Å². The monoisotopic (exact) mass is 261 g/mol. The molecule has 104 valence electrons. The minimum absolute atomic E-state index is 0.147. The number of aliphatic carboxylic acids is 1. The van der Waals surface area contributed by atoms with Gasteiger partial charge >= 0.3 is 5.97 Å². The second-order valence-electron chi connectivity index (χ2n) is 5.49. The van der Waals surface area contributed by atoms with Gasteiger partial charge in [-0.25, -0.2) is 0 Å². The van der Waals surface area contributed by atoms with Crippen molar-refractivity contribution in [3.8, 4) is 0 Å². The van der Waals surface area contributed by atoms with E-state index < -0.39 is 5.97 Å². The maximum absolute atomic E-state index is 11.0. The molecule has 1 heterocycles. The summed E-state index contributed by atoms with van der Waals surface area (Å²) in [5, 5.41) is 9.06. The van der Waals surface area contributed by atoms with Crippen LogP contribution in [0, 0.1) is 12.8 Å². The average molecular weight is 261 g/mol. The summed E-state index contributed by atoms with van der Waals surface area (Å²) in [6, 6.07) is 9.08.